The largest absolute Gasteiger partial charge is 0.480 e. The molecular weight excluding hydrogens is 660 g/mol. The maximum atomic E-state index is 13.5. The van der Waals surface area contributed by atoms with Crippen LogP contribution in [0.2, 0.25) is 0 Å². The van der Waals surface area contributed by atoms with Crippen molar-refractivity contribution < 1.29 is 38.1 Å². The number of hydrogen-bond acceptors (Lipinski definition) is 8. The van der Waals surface area contributed by atoms with E-state index in [1.807, 2.05) is 97.1 Å². The molecule has 0 bridgehead atoms. The number of nitrogens with zero attached hydrogens (tertiary/aromatic N) is 2. The molecule has 2 heterocycles. The van der Waals surface area contributed by atoms with Crippen LogP contribution < -0.4 is 21.3 Å². The van der Waals surface area contributed by atoms with Crippen LogP contribution in [0.5, 0.6) is 0 Å². The van der Waals surface area contributed by atoms with Gasteiger partial charge in [-0.1, -0.05) is 60.7 Å². The van der Waals surface area contributed by atoms with E-state index < -0.39 is 11.9 Å². The number of para-hydroxylation sites is 6. The molecule has 4 N–H and O–H groups in total. The van der Waals surface area contributed by atoms with Crippen molar-refractivity contribution in [1.82, 2.24) is 0 Å². The Morgan fingerprint density at radius 3 is 1.13 bits per heavy atom. The second-order valence-electron chi connectivity index (χ2n) is 13.4. The molecule has 2 amide bonds. The molecule has 2 aliphatic rings. The number of hydrogen-bond donors (Lipinski definition) is 4. The maximum absolute atomic E-state index is 13.5. The number of benzene rings is 4. The molecule has 0 saturated carbocycles. The number of likely N-dealkylation sites (tertiary alicyclic amines) is 2. The maximum Gasteiger partial charge on any atom is 0.480 e. The molecule has 0 unspecified atom stereocenters. The van der Waals surface area contributed by atoms with Gasteiger partial charge in [-0.15, -0.1) is 9.29 Å². The van der Waals surface area contributed by atoms with E-state index in [0.717, 1.165) is 49.9 Å². The SMILES string of the molecule is O=C(C[N+]1(OC(=O)C(=O)O[N+]2(CC(=O)Nc3ccccc3Nc3ccccc3)CCCCC2)CCCCC1)Nc1ccccc1Nc1ccccc1. The van der Waals surface area contributed by atoms with Crippen LogP contribution in [0, 0.1) is 0 Å². The number of nitrogens with one attached hydrogen (secondary N) is 4. The molecule has 4 aromatic rings. The standard InChI is InChI=1S/C40H44N6O6/c47-37(43-35-23-11-9-21-33(35)41-31-17-5-1-6-18-31)29-45(25-13-3-14-26-45)51-39(49)40(50)52-46(27-15-4-16-28-46)30-38(48)44-36-24-12-10-22-34(36)42-32-19-7-2-8-20-32/h1-2,5-12,17-24H,3-4,13-16,25-30H2,(H2-2,41,42,43,44,47,48,49,50)/p+2. The molecular formula is C40H46N6O6+2. The number of amides is 2. The summed E-state index contributed by atoms with van der Waals surface area (Å²) in [6.45, 7) is 1.20. The number of quaternary nitrogens is 2. The number of carbonyl (C=O) groups excluding carboxylic acids is 4. The van der Waals surface area contributed by atoms with E-state index in [0.29, 0.717) is 48.9 Å². The van der Waals surface area contributed by atoms with Gasteiger partial charge in [0.2, 0.25) is 0 Å². The van der Waals surface area contributed by atoms with Gasteiger partial charge in [0.25, 0.3) is 11.8 Å². The van der Waals surface area contributed by atoms with E-state index in [1.165, 1.54) is 0 Å². The molecule has 12 nitrogen and oxygen atoms in total. The Labute approximate surface area is 303 Å². The van der Waals surface area contributed by atoms with E-state index in [9.17, 15) is 19.2 Å². The van der Waals surface area contributed by atoms with Crippen molar-refractivity contribution in [1.29, 1.82) is 0 Å². The van der Waals surface area contributed by atoms with Crippen LogP contribution in [0.1, 0.15) is 38.5 Å². The van der Waals surface area contributed by atoms with Crippen LogP contribution in [-0.4, -0.2) is 72.3 Å². The van der Waals surface area contributed by atoms with Gasteiger partial charge < -0.3 is 21.3 Å². The molecule has 0 aliphatic carbocycles. The van der Waals surface area contributed by atoms with E-state index in [4.69, 9.17) is 9.68 Å². The fourth-order valence-corrected chi connectivity index (χ4v) is 6.83. The predicted octanol–water partition coefficient (Wildman–Crippen LogP) is 6.67. The van der Waals surface area contributed by atoms with Crippen molar-refractivity contribution in [2.45, 2.75) is 38.5 Å². The third-order valence-corrected chi connectivity index (χ3v) is 9.35. The zero-order valence-electron chi connectivity index (χ0n) is 29.2. The van der Waals surface area contributed by atoms with Gasteiger partial charge in [0, 0.05) is 37.1 Å². The summed E-state index contributed by atoms with van der Waals surface area (Å²) in [5, 5.41) is 12.6. The molecule has 52 heavy (non-hydrogen) atoms. The zero-order chi connectivity index (χ0) is 36.2. The third-order valence-electron chi connectivity index (χ3n) is 9.35. The Hall–Kier alpha value is -5.72. The van der Waals surface area contributed by atoms with Crippen molar-refractivity contribution in [2.24, 2.45) is 0 Å². The number of piperidine rings is 2. The van der Waals surface area contributed by atoms with Crippen molar-refractivity contribution >= 4 is 57.9 Å². The first-order chi connectivity index (χ1) is 25.3. The van der Waals surface area contributed by atoms with Gasteiger partial charge in [-0.05, 0) is 61.4 Å². The second-order valence-corrected chi connectivity index (χ2v) is 13.4. The first-order valence-corrected chi connectivity index (χ1v) is 17.9. The van der Waals surface area contributed by atoms with Crippen LogP contribution in [0.15, 0.2) is 109 Å². The number of hydroxylamine groups is 6. The van der Waals surface area contributed by atoms with Gasteiger partial charge in [-0.3, -0.25) is 19.3 Å². The van der Waals surface area contributed by atoms with Gasteiger partial charge in [0.15, 0.2) is 13.1 Å². The average molecular weight is 707 g/mol. The highest BCUT2D eigenvalue weighted by Gasteiger charge is 2.45. The molecule has 0 atom stereocenters. The van der Waals surface area contributed by atoms with Crippen LogP contribution in [0.3, 0.4) is 0 Å². The Kier molecular flexibility index (Phi) is 11.8. The molecule has 0 spiro atoms. The van der Waals surface area contributed by atoms with E-state index >= 15 is 0 Å². The highest BCUT2D eigenvalue weighted by Crippen LogP contribution is 2.28. The van der Waals surface area contributed by atoms with E-state index in [1.54, 1.807) is 12.1 Å². The quantitative estimate of drug-likeness (QED) is 0.0949. The lowest BCUT2D eigenvalue weighted by molar-refractivity contribution is -1.09. The molecule has 2 fully saturated rings. The first kappa shape index (κ1) is 36.1. The third kappa shape index (κ3) is 9.74. The Morgan fingerprint density at radius 2 is 0.769 bits per heavy atom. The normalized spacial score (nSPS) is 16.1. The Bertz CT molecular complexity index is 1710. The van der Waals surface area contributed by atoms with Crippen LogP contribution in [0.25, 0.3) is 0 Å². The molecule has 4 aromatic carbocycles. The molecule has 0 aromatic heterocycles. The summed E-state index contributed by atoms with van der Waals surface area (Å²) in [5.74, 6) is -3.07. The lowest BCUT2D eigenvalue weighted by Crippen LogP contribution is -2.59. The fraction of sp³-hybridized carbons (Fsp3) is 0.300. The van der Waals surface area contributed by atoms with Crippen molar-refractivity contribution in [3.05, 3.63) is 109 Å². The van der Waals surface area contributed by atoms with Crippen LogP contribution in [-0.2, 0) is 28.9 Å². The monoisotopic (exact) mass is 706 g/mol. The number of anilines is 6. The summed E-state index contributed by atoms with van der Waals surface area (Å²) in [4.78, 5) is 65.6. The summed E-state index contributed by atoms with van der Waals surface area (Å²) in [6, 6.07) is 34.0. The van der Waals surface area contributed by atoms with E-state index in [2.05, 4.69) is 21.3 Å². The second kappa shape index (κ2) is 17.0. The Morgan fingerprint density at radius 1 is 0.442 bits per heavy atom. The highest BCUT2D eigenvalue weighted by molar-refractivity contribution is 6.29. The minimum Gasteiger partial charge on any atom is -0.354 e. The minimum absolute atomic E-state index is 0.169. The lowest BCUT2D eigenvalue weighted by Gasteiger charge is -2.38. The zero-order valence-corrected chi connectivity index (χ0v) is 29.2. The average Bonchev–Trinajstić information content (AvgIpc) is 3.14. The summed E-state index contributed by atoms with van der Waals surface area (Å²) in [6.07, 6.45) is 4.75. The highest BCUT2D eigenvalue weighted by atomic mass is 16.8. The number of rotatable bonds is 12. The van der Waals surface area contributed by atoms with E-state index in [-0.39, 0.29) is 34.2 Å². The predicted molar refractivity (Wildman–Crippen MR) is 199 cm³/mol. The van der Waals surface area contributed by atoms with Crippen LogP contribution in [0.4, 0.5) is 34.1 Å². The van der Waals surface area contributed by atoms with Gasteiger partial charge >= 0.3 is 11.9 Å². The summed E-state index contributed by atoms with van der Waals surface area (Å²) in [7, 11) is 0. The van der Waals surface area contributed by atoms with Gasteiger partial charge in [-0.25, -0.2) is 9.59 Å². The minimum atomic E-state index is -1.18. The summed E-state index contributed by atoms with van der Waals surface area (Å²) >= 11 is 0. The summed E-state index contributed by atoms with van der Waals surface area (Å²) < 4.78 is -0.639. The molecule has 2 aliphatic heterocycles. The van der Waals surface area contributed by atoms with Crippen LogP contribution >= 0.6 is 0 Å². The molecule has 12 heteroatoms. The smallest absolute Gasteiger partial charge is 0.354 e. The molecule has 6 rings (SSSR count). The first-order valence-electron chi connectivity index (χ1n) is 17.9. The molecule has 270 valence electrons. The van der Waals surface area contributed by atoms with Gasteiger partial charge in [0.05, 0.1) is 22.7 Å². The Balaban J connectivity index is 1.10. The lowest BCUT2D eigenvalue weighted by atomic mass is 10.1. The molecule has 2 saturated heterocycles. The van der Waals surface area contributed by atoms with Crippen molar-refractivity contribution in [3.63, 3.8) is 0 Å². The van der Waals surface area contributed by atoms with Crippen molar-refractivity contribution in [2.75, 3.05) is 60.5 Å². The topological polar surface area (TPSA) is 135 Å². The summed E-state index contributed by atoms with van der Waals surface area (Å²) in [5.41, 5.74) is 4.31. The number of carbonyl (C=O) groups is 4. The van der Waals surface area contributed by atoms with Gasteiger partial charge in [-0.2, -0.15) is 0 Å². The molecule has 0 radical (unpaired) electrons. The van der Waals surface area contributed by atoms with Crippen molar-refractivity contribution in [3.8, 4) is 0 Å². The van der Waals surface area contributed by atoms with Gasteiger partial charge in [0.1, 0.15) is 26.2 Å². The fourth-order valence-electron chi connectivity index (χ4n) is 6.83.